The Labute approximate surface area is 204 Å². The van der Waals surface area contributed by atoms with Crippen LogP contribution in [0.25, 0.3) is 32.9 Å². The smallest absolute Gasteiger partial charge is 0.248 e. The largest absolute Gasteiger partial charge is 0.457 e. The van der Waals surface area contributed by atoms with Crippen LogP contribution in [-0.2, 0) is 4.79 Å². The van der Waals surface area contributed by atoms with Crippen molar-refractivity contribution < 1.29 is 9.21 Å². The standard InChI is InChI=1S/C25H20ClN5O2S/c1-14-4-5-17(13-20(14)26)22-10-7-19(33-22)8-11-23(32)27-21-9-6-18(12-15(21)2)24-30-31-16(3)28-29-25(31)34-24/h4-13H,1-3H3,(H,27,32). The summed E-state index contributed by atoms with van der Waals surface area (Å²) in [6, 6.07) is 15.2. The molecule has 0 radical (unpaired) electrons. The van der Waals surface area contributed by atoms with Crippen molar-refractivity contribution in [3.63, 3.8) is 0 Å². The van der Waals surface area contributed by atoms with E-state index in [4.69, 9.17) is 16.0 Å². The van der Waals surface area contributed by atoms with E-state index >= 15 is 0 Å². The summed E-state index contributed by atoms with van der Waals surface area (Å²) in [5.41, 5.74) is 4.51. The van der Waals surface area contributed by atoms with Gasteiger partial charge in [-0.15, -0.1) is 10.2 Å². The van der Waals surface area contributed by atoms with Crippen LogP contribution in [0.3, 0.4) is 0 Å². The number of anilines is 1. The van der Waals surface area contributed by atoms with Crippen LogP contribution in [-0.4, -0.2) is 25.7 Å². The fourth-order valence-corrected chi connectivity index (χ4v) is 4.51. The lowest BCUT2D eigenvalue weighted by molar-refractivity contribution is -0.111. The number of carbonyl (C=O) groups is 1. The number of aryl methyl sites for hydroxylation is 3. The maximum absolute atomic E-state index is 12.5. The van der Waals surface area contributed by atoms with Crippen molar-refractivity contribution in [1.82, 2.24) is 19.8 Å². The minimum absolute atomic E-state index is 0.249. The number of aromatic nitrogens is 4. The van der Waals surface area contributed by atoms with E-state index in [1.165, 1.54) is 17.4 Å². The van der Waals surface area contributed by atoms with Crippen LogP contribution in [0.2, 0.25) is 5.02 Å². The zero-order valence-corrected chi connectivity index (χ0v) is 20.2. The van der Waals surface area contributed by atoms with Gasteiger partial charge in [0, 0.05) is 27.9 Å². The van der Waals surface area contributed by atoms with Gasteiger partial charge >= 0.3 is 0 Å². The molecule has 0 aliphatic rings. The topological polar surface area (TPSA) is 85.3 Å². The number of carbonyl (C=O) groups excluding carboxylic acids is 1. The maximum atomic E-state index is 12.5. The van der Waals surface area contributed by atoms with Crippen molar-refractivity contribution in [3.05, 3.63) is 82.3 Å². The monoisotopic (exact) mass is 489 g/mol. The second-order valence-corrected chi connectivity index (χ2v) is 9.23. The molecule has 2 aromatic carbocycles. The number of fused-ring (bicyclic) bond motifs is 1. The fourth-order valence-electron chi connectivity index (χ4n) is 3.44. The van der Waals surface area contributed by atoms with Gasteiger partial charge < -0.3 is 9.73 Å². The van der Waals surface area contributed by atoms with Crippen molar-refractivity contribution in [2.45, 2.75) is 20.8 Å². The third-order valence-electron chi connectivity index (χ3n) is 5.36. The molecule has 0 aliphatic carbocycles. The first-order valence-corrected chi connectivity index (χ1v) is 11.7. The molecule has 7 nitrogen and oxygen atoms in total. The molecule has 170 valence electrons. The molecule has 3 heterocycles. The highest BCUT2D eigenvalue weighted by molar-refractivity contribution is 7.19. The average molecular weight is 490 g/mol. The molecule has 0 aliphatic heterocycles. The van der Waals surface area contributed by atoms with E-state index in [-0.39, 0.29) is 5.91 Å². The molecular weight excluding hydrogens is 470 g/mol. The Hall–Kier alpha value is -3.75. The molecule has 0 saturated heterocycles. The highest BCUT2D eigenvalue weighted by atomic mass is 35.5. The number of nitrogens with zero attached hydrogens (tertiary/aromatic N) is 4. The van der Waals surface area contributed by atoms with Gasteiger partial charge in [0.25, 0.3) is 0 Å². The summed E-state index contributed by atoms with van der Waals surface area (Å²) in [5, 5.41) is 17.1. The van der Waals surface area contributed by atoms with Gasteiger partial charge in [0.15, 0.2) is 5.82 Å². The number of hydrogen-bond acceptors (Lipinski definition) is 6. The normalized spacial score (nSPS) is 11.5. The Morgan fingerprint density at radius 1 is 1.03 bits per heavy atom. The minimum Gasteiger partial charge on any atom is -0.457 e. The lowest BCUT2D eigenvalue weighted by Gasteiger charge is -2.07. The van der Waals surface area contributed by atoms with Crippen LogP contribution in [0.1, 0.15) is 22.7 Å². The van der Waals surface area contributed by atoms with Gasteiger partial charge in [-0.25, -0.2) is 0 Å². The summed E-state index contributed by atoms with van der Waals surface area (Å²) < 4.78 is 7.56. The van der Waals surface area contributed by atoms with E-state index in [1.807, 2.05) is 69.3 Å². The van der Waals surface area contributed by atoms with Crippen molar-refractivity contribution in [1.29, 1.82) is 0 Å². The predicted octanol–water partition coefficient (Wildman–Crippen LogP) is 6.34. The summed E-state index contributed by atoms with van der Waals surface area (Å²) in [7, 11) is 0. The Morgan fingerprint density at radius 2 is 1.85 bits per heavy atom. The zero-order valence-electron chi connectivity index (χ0n) is 18.7. The van der Waals surface area contributed by atoms with Gasteiger partial charge in [-0.2, -0.15) is 9.61 Å². The molecule has 0 bridgehead atoms. The summed E-state index contributed by atoms with van der Waals surface area (Å²) in [6.07, 6.45) is 3.09. The molecule has 0 fully saturated rings. The molecule has 1 amide bonds. The fraction of sp³-hybridized carbons (Fsp3) is 0.120. The number of rotatable bonds is 5. The highest BCUT2D eigenvalue weighted by Gasteiger charge is 2.12. The predicted molar refractivity (Wildman–Crippen MR) is 135 cm³/mol. The summed E-state index contributed by atoms with van der Waals surface area (Å²) in [6.45, 7) is 5.76. The minimum atomic E-state index is -0.249. The third kappa shape index (κ3) is 4.37. The Balaban J connectivity index is 1.27. The molecule has 5 aromatic rings. The number of hydrogen-bond donors (Lipinski definition) is 1. The molecule has 0 unspecified atom stereocenters. The first-order valence-electron chi connectivity index (χ1n) is 10.5. The molecule has 0 spiro atoms. The van der Waals surface area contributed by atoms with Crippen LogP contribution < -0.4 is 5.32 Å². The summed E-state index contributed by atoms with van der Waals surface area (Å²) in [5.74, 6) is 1.76. The van der Waals surface area contributed by atoms with Crippen LogP contribution in [0, 0.1) is 20.8 Å². The second kappa shape index (κ2) is 8.89. The van der Waals surface area contributed by atoms with Gasteiger partial charge in [0.1, 0.15) is 16.5 Å². The number of amides is 1. The van der Waals surface area contributed by atoms with Gasteiger partial charge in [-0.1, -0.05) is 35.1 Å². The molecule has 3 aromatic heterocycles. The SMILES string of the molecule is Cc1ccc(-c2ccc(C=CC(=O)Nc3ccc(-c4nn5c(C)nnc5s4)cc3C)o2)cc1Cl. The van der Waals surface area contributed by atoms with Crippen molar-refractivity contribution in [2.24, 2.45) is 0 Å². The van der Waals surface area contributed by atoms with E-state index in [0.717, 1.165) is 43.7 Å². The Morgan fingerprint density at radius 3 is 2.62 bits per heavy atom. The van der Waals surface area contributed by atoms with Crippen molar-refractivity contribution in [3.8, 4) is 21.9 Å². The Kier molecular flexibility index (Phi) is 5.77. The number of furan rings is 1. The molecule has 0 saturated carbocycles. The number of nitrogens with one attached hydrogen (secondary N) is 1. The summed E-state index contributed by atoms with van der Waals surface area (Å²) >= 11 is 7.68. The first-order chi connectivity index (χ1) is 16.4. The van der Waals surface area contributed by atoms with Gasteiger partial charge in [0.05, 0.1) is 0 Å². The molecule has 1 N–H and O–H groups in total. The molecule has 0 atom stereocenters. The van der Waals surface area contributed by atoms with E-state index in [9.17, 15) is 4.79 Å². The van der Waals surface area contributed by atoms with Crippen LogP contribution in [0.5, 0.6) is 0 Å². The lowest BCUT2D eigenvalue weighted by Crippen LogP contribution is -2.08. The van der Waals surface area contributed by atoms with Crippen molar-refractivity contribution >= 4 is 45.6 Å². The summed E-state index contributed by atoms with van der Waals surface area (Å²) in [4.78, 5) is 13.2. The van der Waals surface area contributed by atoms with E-state index in [2.05, 4.69) is 20.6 Å². The average Bonchev–Trinajstić information content (AvgIpc) is 3.53. The maximum Gasteiger partial charge on any atom is 0.248 e. The Bertz CT molecular complexity index is 1560. The van der Waals surface area contributed by atoms with Crippen LogP contribution in [0.4, 0.5) is 5.69 Å². The van der Waals surface area contributed by atoms with E-state index < -0.39 is 0 Å². The molecular formula is C25H20ClN5O2S. The quantitative estimate of drug-likeness (QED) is 0.291. The van der Waals surface area contributed by atoms with Crippen molar-refractivity contribution in [2.75, 3.05) is 5.32 Å². The van der Waals surface area contributed by atoms with E-state index in [0.29, 0.717) is 16.5 Å². The number of halogens is 1. The van der Waals surface area contributed by atoms with Crippen LogP contribution >= 0.6 is 22.9 Å². The molecule has 5 rings (SSSR count). The van der Waals surface area contributed by atoms with Gasteiger partial charge in [-0.05, 0) is 74.4 Å². The molecule has 9 heteroatoms. The number of benzene rings is 2. The zero-order chi connectivity index (χ0) is 23.8. The van der Waals surface area contributed by atoms with Gasteiger partial charge in [0.2, 0.25) is 10.9 Å². The van der Waals surface area contributed by atoms with Crippen LogP contribution in [0.15, 0.2) is 59.0 Å². The van der Waals surface area contributed by atoms with E-state index in [1.54, 1.807) is 10.6 Å². The second-order valence-electron chi connectivity index (χ2n) is 7.87. The van der Waals surface area contributed by atoms with Gasteiger partial charge in [-0.3, -0.25) is 4.79 Å². The highest BCUT2D eigenvalue weighted by Crippen LogP contribution is 2.29. The lowest BCUT2D eigenvalue weighted by atomic mass is 10.1. The third-order valence-corrected chi connectivity index (χ3v) is 6.72. The first kappa shape index (κ1) is 22.1. The molecule has 34 heavy (non-hydrogen) atoms.